The van der Waals surface area contributed by atoms with E-state index in [1.54, 1.807) is 36.4 Å². The van der Waals surface area contributed by atoms with E-state index in [1.807, 2.05) is 18.2 Å². The van der Waals surface area contributed by atoms with Crippen molar-refractivity contribution in [2.45, 2.75) is 51.7 Å². The number of carbonyl (C=O) groups is 2. The first-order valence-electron chi connectivity index (χ1n) is 11.8. The Kier molecular flexibility index (Phi) is 9.58. The predicted octanol–water partition coefficient (Wildman–Crippen LogP) is 5.55. The third kappa shape index (κ3) is 7.21. The van der Waals surface area contributed by atoms with Crippen LogP contribution in [0.1, 0.15) is 51.2 Å². The van der Waals surface area contributed by atoms with Gasteiger partial charge in [0.15, 0.2) is 0 Å². The highest BCUT2D eigenvalue weighted by molar-refractivity contribution is 6.30. The number of ether oxygens (including phenoxy) is 1. The van der Waals surface area contributed by atoms with Gasteiger partial charge in [0.2, 0.25) is 6.10 Å². The van der Waals surface area contributed by atoms with Crippen LogP contribution in [-0.2, 0) is 9.53 Å². The summed E-state index contributed by atoms with van der Waals surface area (Å²) in [5.41, 5.74) is 1.18. The van der Waals surface area contributed by atoms with Crippen LogP contribution in [-0.4, -0.2) is 31.1 Å². The molecular formula is C26H34ClN3O3. The molecule has 1 saturated heterocycles. The summed E-state index contributed by atoms with van der Waals surface area (Å²) in [5.74, 6) is 0.485. The molecule has 7 heteroatoms. The lowest BCUT2D eigenvalue weighted by atomic mass is 9.80. The summed E-state index contributed by atoms with van der Waals surface area (Å²) < 4.78 is 5.66. The number of benzene rings is 2. The van der Waals surface area contributed by atoms with Gasteiger partial charge in [-0.2, -0.15) is 0 Å². The van der Waals surface area contributed by atoms with Crippen molar-refractivity contribution in [3.05, 3.63) is 65.2 Å². The Morgan fingerprint density at radius 2 is 1.67 bits per heavy atom. The molecule has 0 spiro atoms. The van der Waals surface area contributed by atoms with E-state index in [-0.39, 0.29) is 11.9 Å². The molecule has 1 fully saturated rings. The highest BCUT2D eigenvalue weighted by atomic mass is 35.5. The fourth-order valence-electron chi connectivity index (χ4n) is 4.55. The molecule has 1 heterocycles. The molecule has 1 aliphatic rings. The molecular weight excluding hydrogens is 438 g/mol. The van der Waals surface area contributed by atoms with Gasteiger partial charge in [0.1, 0.15) is 0 Å². The van der Waals surface area contributed by atoms with Gasteiger partial charge in [-0.1, -0.05) is 68.6 Å². The molecule has 2 atom stereocenters. The predicted molar refractivity (Wildman–Crippen MR) is 132 cm³/mol. The smallest absolute Gasteiger partial charge is 0.412 e. The molecule has 0 saturated carbocycles. The zero-order chi connectivity index (χ0) is 23.6. The molecule has 2 aromatic carbocycles. The Morgan fingerprint density at radius 1 is 1.03 bits per heavy atom. The molecule has 6 nitrogen and oxygen atoms in total. The number of rotatable bonds is 9. The molecule has 3 rings (SSSR count). The van der Waals surface area contributed by atoms with E-state index in [0.717, 1.165) is 38.8 Å². The van der Waals surface area contributed by atoms with Crippen molar-refractivity contribution >= 4 is 29.3 Å². The Bertz CT molecular complexity index is 881. The number of amides is 2. The number of hydrogen-bond acceptors (Lipinski definition) is 4. The van der Waals surface area contributed by atoms with Gasteiger partial charge in [0.25, 0.3) is 5.91 Å². The molecule has 2 aromatic rings. The Hall–Kier alpha value is -2.57. The van der Waals surface area contributed by atoms with E-state index in [1.165, 1.54) is 0 Å². The lowest BCUT2D eigenvalue weighted by Crippen LogP contribution is -2.50. The number of nitrogens with one attached hydrogen (secondary N) is 3. The monoisotopic (exact) mass is 471 g/mol. The van der Waals surface area contributed by atoms with Crippen LogP contribution in [0.4, 0.5) is 10.5 Å². The van der Waals surface area contributed by atoms with E-state index < -0.39 is 12.2 Å². The van der Waals surface area contributed by atoms with Crippen molar-refractivity contribution in [2.75, 3.05) is 18.4 Å². The maximum absolute atomic E-state index is 13.5. The molecule has 0 bridgehead atoms. The summed E-state index contributed by atoms with van der Waals surface area (Å²) in [4.78, 5) is 26.2. The average molecular weight is 472 g/mol. The average Bonchev–Trinajstić information content (AvgIpc) is 2.85. The first-order chi connectivity index (χ1) is 16.0. The second-order valence-corrected chi connectivity index (χ2v) is 8.96. The minimum Gasteiger partial charge on any atom is -0.431 e. The van der Waals surface area contributed by atoms with Crippen LogP contribution < -0.4 is 16.0 Å². The normalized spacial score (nSPS) is 16.1. The maximum Gasteiger partial charge on any atom is 0.412 e. The van der Waals surface area contributed by atoms with Gasteiger partial charge in [-0.05, 0) is 62.0 Å². The number of halogens is 1. The quantitative estimate of drug-likeness (QED) is 0.448. The zero-order valence-electron chi connectivity index (χ0n) is 19.4. The molecule has 1 aliphatic heterocycles. The van der Waals surface area contributed by atoms with Crippen LogP contribution in [0.25, 0.3) is 0 Å². The first kappa shape index (κ1) is 25.1. The van der Waals surface area contributed by atoms with Crippen LogP contribution in [0.15, 0.2) is 54.6 Å². The van der Waals surface area contributed by atoms with Gasteiger partial charge in [-0.3, -0.25) is 10.1 Å². The zero-order valence-corrected chi connectivity index (χ0v) is 20.1. The number of anilines is 1. The fraction of sp³-hybridized carbons (Fsp3) is 0.462. The maximum atomic E-state index is 13.5. The van der Waals surface area contributed by atoms with Crippen LogP contribution >= 0.6 is 11.6 Å². The second-order valence-electron chi connectivity index (χ2n) is 8.53. The summed E-state index contributed by atoms with van der Waals surface area (Å²) in [7, 11) is 0. The van der Waals surface area contributed by atoms with Gasteiger partial charge >= 0.3 is 6.09 Å². The summed E-state index contributed by atoms with van der Waals surface area (Å²) in [6, 6.07) is 15.9. The molecule has 3 N–H and O–H groups in total. The van der Waals surface area contributed by atoms with Crippen LogP contribution in [0.5, 0.6) is 0 Å². The van der Waals surface area contributed by atoms with Crippen molar-refractivity contribution < 1.29 is 14.3 Å². The van der Waals surface area contributed by atoms with E-state index >= 15 is 0 Å². The summed E-state index contributed by atoms with van der Waals surface area (Å²) >= 11 is 5.92. The van der Waals surface area contributed by atoms with E-state index in [0.29, 0.717) is 28.1 Å². The third-order valence-electron chi connectivity index (χ3n) is 6.41. The highest BCUT2D eigenvalue weighted by Crippen LogP contribution is 2.28. The van der Waals surface area contributed by atoms with Crippen molar-refractivity contribution in [3.63, 3.8) is 0 Å². The summed E-state index contributed by atoms with van der Waals surface area (Å²) in [6.45, 7) is 6.25. The number of piperidine rings is 1. The third-order valence-corrected chi connectivity index (χ3v) is 6.67. The minimum absolute atomic E-state index is 0.0451. The molecule has 178 valence electrons. The van der Waals surface area contributed by atoms with Crippen molar-refractivity contribution in [1.29, 1.82) is 0 Å². The first-order valence-corrected chi connectivity index (χ1v) is 12.2. The minimum atomic E-state index is -1.04. The van der Waals surface area contributed by atoms with Crippen molar-refractivity contribution in [2.24, 2.45) is 11.8 Å². The molecule has 2 amide bonds. The lowest BCUT2D eigenvalue weighted by molar-refractivity contribution is -0.131. The molecule has 0 aliphatic carbocycles. The van der Waals surface area contributed by atoms with E-state index in [9.17, 15) is 9.59 Å². The Labute approximate surface area is 201 Å². The molecule has 1 unspecified atom stereocenters. The van der Waals surface area contributed by atoms with Crippen LogP contribution in [0.3, 0.4) is 0 Å². The van der Waals surface area contributed by atoms with Crippen molar-refractivity contribution in [1.82, 2.24) is 10.6 Å². The summed E-state index contributed by atoms with van der Waals surface area (Å²) in [6.07, 6.45) is 2.28. The molecule has 0 radical (unpaired) electrons. The fourth-order valence-corrected chi connectivity index (χ4v) is 4.67. The van der Waals surface area contributed by atoms with E-state index in [2.05, 4.69) is 29.8 Å². The van der Waals surface area contributed by atoms with Crippen LogP contribution in [0, 0.1) is 11.8 Å². The SMILES string of the molecule is CCC(CC)C(NC(=O)[C@H](OC(=O)Nc1ccc(Cl)cc1)c1ccccc1)C1CCNCC1. The van der Waals surface area contributed by atoms with Gasteiger partial charge in [-0.25, -0.2) is 4.79 Å². The van der Waals surface area contributed by atoms with E-state index in [4.69, 9.17) is 16.3 Å². The van der Waals surface area contributed by atoms with Gasteiger partial charge in [0.05, 0.1) is 0 Å². The van der Waals surface area contributed by atoms with Crippen LogP contribution in [0.2, 0.25) is 5.02 Å². The Balaban J connectivity index is 1.77. The number of carbonyl (C=O) groups excluding carboxylic acids is 2. The summed E-state index contributed by atoms with van der Waals surface area (Å²) in [5, 5.41) is 9.92. The molecule has 33 heavy (non-hydrogen) atoms. The van der Waals surface area contributed by atoms with Gasteiger partial charge in [-0.15, -0.1) is 0 Å². The highest BCUT2D eigenvalue weighted by Gasteiger charge is 2.34. The standard InChI is InChI=1S/C26H34ClN3O3/c1-3-18(4-2)23(19-14-16-28-17-15-19)30-25(31)24(20-8-6-5-7-9-20)33-26(32)29-22-12-10-21(27)11-13-22/h5-13,18-19,23-24,28H,3-4,14-17H2,1-2H3,(H,29,32)(H,30,31)/t23?,24-/m1/s1. The van der Waals surface area contributed by atoms with Gasteiger partial charge < -0.3 is 15.4 Å². The molecule has 0 aromatic heterocycles. The Morgan fingerprint density at radius 3 is 2.27 bits per heavy atom. The topological polar surface area (TPSA) is 79.5 Å². The van der Waals surface area contributed by atoms with Gasteiger partial charge in [0, 0.05) is 22.3 Å². The van der Waals surface area contributed by atoms with Crippen molar-refractivity contribution in [3.8, 4) is 0 Å². The lowest BCUT2D eigenvalue weighted by Gasteiger charge is -2.37. The number of hydrogen-bond donors (Lipinski definition) is 3. The largest absolute Gasteiger partial charge is 0.431 e. The second kappa shape index (κ2) is 12.6.